The first-order valence-corrected chi connectivity index (χ1v) is 10.3. The summed E-state index contributed by atoms with van der Waals surface area (Å²) in [6.45, 7) is 5.24. The van der Waals surface area contributed by atoms with Gasteiger partial charge >= 0.3 is 5.63 Å². The van der Waals surface area contributed by atoms with Gasteiger partial charge in [-0.25, -0.2) is 4.79 Å². The van der Waals surface area contributed by atoms with Crippen LogP contribution in [0.25, 0.3) is 11.0 Å². The number of hydrogen-bond acceptors (Lipinski definition) is 5. The molecule has 0 radical (unpaired) electrons. The maximum absolute atomic E-state index is 12.8. The van der Waals surface area contributed by atoms with Crippen LogP contribution in [-0.2, 0) is 4.74 Å². The van der Waals surface area contributed by atoms with Gasteiger partial charge in [0.05, 0.1) is 0 Å². The molecule has 2 aliphatic heterocycles. The van der Waals surface area contributed by atoms with E-state index in [0.29, 0.717) is 12.1 Å². The van der Waals surface area contributed by atoms with E-state index in [4.69, 9.17) is 9.15 Å². The summed E-state index contributed by atoms with van der Waals surface area (Å²) in [6.07, 6.45) is 5.65. The largest absolute Gasteiger partial charge is 0.422 e. The Balaban J connectivity index is 1.48. The molecule has 2 saturated heterocycles. The monoisotopic (exact) mass is 384 g/mol. The molecule has 0 saturated carbocycles. The van der Waals surface area contributed by atoms with E-state index < -0.39 is 5.63 Å². The normalized spacial score (nSPS) is 20.1. The minimum atomic E-state index is -0.590. The molecule has 1 amide bonds. The van der Waals surface area contributed by atoms with Crippen molar-refractivity contribution in [2.75, 3.05) is 39.4 Å². The number of amides is 1. The van der Waals surface area contributed by atoms with Gasteiger partial charge in [-0.3, -0.25) is 4.79 Å². The highest BCUT2D eigenvalue weighted by Crippen LogP contribution is 2.32. The molecule has 28 heavy (non-hydrogen) atoms. The Morgan fingerprint density at radius 1 is 1.11 bits per heavy atom. The van der Waals surface area contributed by atoms with Gasteiger partial charge in [0.15, 0.2) is 0 Å². The van der Waals surface area contributed by atoms with Crippen molar-refractivity contribution in [3.8, 4) is 0 Å². The van der Waals surface area contributed by atoms with Crippen LogP contribution < -0.4 is 10.9 Å². The summed E-state index contributed by atoms with van der Waals surface area (Å²) in [5, 5.41) is 3.77. The van der Waals surface area contributed by atoms with Crippen LogP contribution in [0.5, 0.6) is 0 Å². The highest BCUT2D eigenvalue weighted by Gasteiger charge is 2.35. The Morgan fingerprint density at radius 3 is 2.64 bits per heavy atom. The molecule has 2 aliphatic rings. The standard InChI is InChI=1S/C22H28N2O4/c25-20(18-14-17-6-2-3-7-19(17)28-21(18)26)23-15-22(8-12-27-13-9-22)16-24-10-4-1-5-11-24/h2-3,6-7,14H,1,4-5,8-13,15-16H2,(H,23,25). The van der Waals surface area contributed by atoms with Crippen LogP contribution in [0.3, 0.4) is 0 Å². The van der Waals surface area contributed by atoms with Crippen molar-refractivity contribution in [1.82, 2.24) is 10.2 Å². The zero-order valence-electron chi connectivity index (χ0n) is 16.2. The Kier molecular flexibility index (Phi) is 5.78. The fourth-order valence-corrected chi connectivity index (χ4v) is 4.37. The van der Waals surface area contributed by atoms with E-state index in [-0.39, 0.29) is 16.9 Å². The molecule has 2 fully saturated rings. The lowest BCUT2D eigenvalue weighted by Crippen LogP contribution is -2.49. The molecule has 3 heterocycles. The molecule has 0 aliphatic carbocycles. The highest BCUT2D eigenvalue weighted by molar-refractivity contribution is 5.96. The lowest BCUT2D eigenvalue weighted by molar-refractivity contribution is -0.00673. The van der Waals surface area contributed by atoms with Crippen LogP contribution in [0.15, 0.2) is 39.5 Å². The molecular weight excluding hydrogens is 356 g/mol. The first-order chi connectivity index (χ1) is 13.7. The first-order valence-electron chi connectivity index (χ1n) is 10.3. The Morgan fingerprint density at radius 2 is 1.86 bits per heavy atom. The molecule has 0 unspecified atom stereocenters. The summed E-state index contributed by atoms with van der Waals surface area (Å²) in [5.41, 5.74) is -0.0235. The molecule has 1 aromatic carbocycles. The van der Waals surface area contributed by atoms with Crippen molar-refractivity contribution in [2.24, 2.45) is 5.41 Å². The summed E-state index contributed by atoms with van der Waals surface area (Å²) in [7, 11) is 0. The van der Waals surface area contributed by atoms with Crippen molar-refractivity contribution in [1.29, 1.82) is 0 Å². The van der Waals surface area contributed by atoms with Gasteiger partial charge in [0.1, 0.15) is 11.1 Å². The van der Waals surface area contributed by atoms with Gasteiger partial charge in [0.25, 0.3) is 5.91 Å². The third-order valence-electron chi connectivity index (χ3n) is 6.07. The maximum Gasteiger partial charge on any atom is 0.349 e. The average Bonchev–Trinajstić information content (AvgIpc) is 2.73. The molecule has 6 nitrogen and oxygen atoms in total. The Bertz CT molecular complexity index is 879. The molecule has 0 spiro atoms. The van der Waals surface area contributed by atoms with Crippen LogP contribution >= 0.6 is 0 Å². The summed E-state index contributed by atoms with van der Waals surface area (Å²) < 4.78 is 10.9. The van der Waals surface area contributed by atoms with Crippen molar-refractivity contribution in [2.45, 2.75) is 32.1 Å². The average molecular weight is 384 g/mol. The van der Waals surface area contributed by atoms with Crippen molar-refractivity contribution in [3.05, 3.63) is 46.3 Å². The van der Waals surface area contributed by atoms with Gasteiger partial charge in [0, 0.05) is 37.1 Å². The van der Waals surface area contributed by atoms with Crippen LogP contribution in [0, 0.1) is 5.41 Å². The third-order valence-corrected chi connectivity index (χ3v) is 6.07. The molecule has 4 rings (SSSR count). The predicted molar refractivity (Wildman–Crippen MR) is 108 cm³/mol. The number of piperidine rings is 1. The molecule has 2 aromatic rings. The van der Waals surface area contributed by atoms with Gasteiger partial charge in [-0.15, -0.1) is 0 Å². The maximum atomic E-state index is 12.8. The Labute approximate surface area is 164 Å². The first kappa shape index (κ1) is 19.2. The second-order valence-corrected chi connectivity index (χ2v) is 8.12. The number of nitrogens with one attached hydrogen (secondary N) is 1. The fourth-order valence-electron chi connectivity index (χ4n) is 4.37. The van der Waals surface area contributed by atoms with Crippen LogP contribution in [-0.4, -0.2) is 50.2 Å². The third kappa shape index (κ3) is 4.28. The molecule has 150 valence electrons. The number of benzene rings is 1. The van der Waals surface area contributed by atoms with E-state index in [0.717, 1.165) is 51.1 Å². The van der Waals surface area contributed by atoms with Gasteiger partial charge in [-0.2, -0.15) is 0 Å². The fraction of sp³-hybridized carbons (Fsp3) is 0.545. The lowest BCUT2D eigenvalue weighted by atomic mass is 9.79. The second-order valence-electron chi connectivity index (χ2n) is 8.12. The minimum absolute atomic E-state index is 0.00227. The van der Waals surface area contributed by atoms with E-state index in [1.807, 2.05) is 12.1 Å². The van der Waals surface area contributed by atoms with E-state index in [1.54, 1.807) is 18.2 Å². The number of ether oxygens (including phenoxy) is 1. The zero-order chi connectivity index (χ0) is 19.4. The van der Waals surface area contributed by atoms with Crippen LogP contribution in [0.2, 0.25) is 0 Å². The molecule has 0 atom stereocenters. The predicted octanol–water partition coefficient (Wildman–Crippen LogP) is 2.81. The highest BCUT2D eigenvalue weighted by atomic mass is 16.5. The topological polar surface area (TPSA) is 71.8 Å². The van der Waals surface area contributed by atoms with Crippen LogP contribution in [0.4, 0.5) is 0 Å². The summed E-state index contributed by atoms with van der Waals surface area (Å²) >= 11 is 0. The van der Waals surface area contributed by atoms with Gasteiger partial charge < -0.3 is 19.4 Å². The van der Waals surface area contributed by atoms with E-state index in [9.17, 15) is 9.59 Å². The van der Waals surface area contributed by atoms with Crippen molar-refractivity contribution >= 4 is 16.9 Å². The molecule has 1 aromatic heterocycles. The van der Waals surface area contributed by atoms with Crippen molar-refractivity contribution in [3.63, 3.8) is 0 Å². The Hall–Kier alpha value is -2.18. The number of hydrogen-bond donors (Lipinski definition) is 1. The summed E-state index contributed by atoms with van der Waals surface area (Å²) in [4.78, 5) is 27.6. The minimum Gasteiger partial charge on any atom is -0.422 e. The lowest BCUT2D eigenvalue weighted by Gasteiger charge is -2.42. The number of nitrogens with zero attached hydrogens (tertiary/aromatic N) is 1. The van der Waals surface area contributed by atoms with E-state index in [2.05, 4.69) is 10.2 Å². The smallest absolute Gasteiger partial charge is 0.349 e. The number of para-hydroxylation sites is 1. The number of likely N-dealkylation sites (tertiary alicyclic amines) is 1. The van der Waals surface area contributed by atoms with Crippen LogP contribution in [0.1, 0.15) is 42.5 Å². The van der Waals surface area contributed by atoms with Gasteiger partial charge in [-0.1, -0.05) is 24.6 Å². The second kappa shape index (κ2) is 8.45. The van der Waals surface area contributed by atoms with E-state index in [1.165, 1.54) is 19.3 Å². The number of rotatable bonds is 5. The SMILES string of the molecule is O=C(NCC1(CN2CCCCC2)CCOCC1)c1cc2ccccc2oc1=O. The molecule has 0 bridgehead atoms. The molecule has 1 N–H and O–H groups in total. The summed E-state index contributed by atoms with van der Waals surface area (Å²) in [5.74, 6) is -0.357. The number of fused-ring (bicyclic) bond motifs is 1. The molecular formula is C22H28N2O4. The van der Waals surface area contributed by atoms with Gasteiger partial charge in [-0.05, 0) is 50.9 Å². The van der Waals surface area contributed by atoms with Crippen molar-refractivity contribution < 1.29 is 13.9 Å². The number of carbonyl (C=O) groups is 1. The zero-order valence-corrected chi connectivity index (χ0v) is 16.2. The number of carbonyl (C=O) groups excluding carboxylic acids is 1. The van der Waals surface area contributed by atoms with E-state index >= 15 is 0 Å². The quantitative estimate of drug-likeness (QED) is 0.803. The summed E-state index contributed by atoms with van der Waals surface area (Å²) in [6, 6.07) is 8.86. The van der Waals surface area contributed by atoms with Gasteiger partial charge in [0.2, 0.25) is 0 Å². The molecule has 6 heteroatoms.